The zero-order valence-electron chi connectivity index (χ0n) is 19.7. The van der Waals surface area contributed by atoms with Crippen molar-refractivity contribution in [3.05, 3.63) is 29.3 Å². The van der Waals surface area contributed by atoms with Crippen molar-refractivity contribution in [1.29, 1.82) is 0 Å². The molecule has 10 nitrogen and oxygen atoms in total. The minimum Gasteiger partial charge on any atom is -0.508 e. The maximum Gasteiger partial charge on any atom is 0.407 e. The largest absolute Gasteiger partial charge is 0.508 e. The number of aryl methyl sites for hydroxylation is 1. The van der Waals surface area contributed by atoms with E-state index in [4.69, 9.17) is 4.74 Å². The Kier molecular flexibility index (Phi) is 7.47. The van der Waals surface area contributed by atoms with Crippen molar-refractivity contribution in [1.82, 2.24) is 5.32 Å². The molecule has 1 amide bonds. The quantitative estimate of drug-likeness (QED) is 0.226. The number of fused-ring (bicyclic) bond motifs is 5. The summed E-state index contributed by atoms with van der Waals surface area (Å²) in [6.07, 6.45) is 4.42. The molecule has 0 aromatic heterocycles. The molecule has 196 valence electrons. The number of hydrogen-bond acceptors (Lipinski definition) is 5. The number of benzene rings is 1. The third kappa shape index (κ3) is 5.48. The van der Waals surface area contributed by atoms with Crippen LogP contribution in [0.3, 0.4) is 0 Å². The molecule has 5 atom stereocenters. The van der Waals surface area contributed by atoms with Crippen LogP contribution in [-0.4, -0.2) is 48.8 Å². The molecular weight excluding hydrogens is 496 g/mol. The Hall–Kier alpha value is -1.41. The van der Waals surface area contributed by atoms with Crippen LogP contribution in [0.1, 0.15) is 68.9 Å². The van der Waals surface area contributed by atoms with Crippen molar-refractivity contribution >= 4 is 21.3 Å². The molecule has 6 N–H and O–H groups in total. The number of rotatable bonds is 7. The molecule has 3 aliphatic carbocycles. The number of amides is 1. The molecule has 0 aliphatic heterocycles. The topological polar surface area (TPSA) is 174 Å². The average molecular weight is 531 g/mol. The van der Waals surface area contributed by atoms with E-state index in [2.05, 4.69) is 18.3 Å². The van der Waals surface area contributed by atoms with Gasteiger partial charge in [0.15, 0.2) is 5.40 Å². The molecule has 2 fully saturated rings. The summed E-state index contributed by atoms with van der Waals surface area (Å²) in [7, 11) is -9.93. The van der Waals surface area contributed by atoms with Gasteiger partial charge in [0.2, 0.25) is 0 Å². The molecule has 0 radical (unpaired) electrons. The van der Waals surface area contributed by atoms with Crippen molar-refractivity contribution in [2.75, 3.05) is 6.54 Å². The van der Waals surface area contributed by atoms with Gasteiger partial charge in [-0.05, 0) is 92.4 Å². The van der Waals surface area contributed by atoms with Gasteiger partial charge in [0.25, 0.3) is 0 Å². The summed E-state index contributed by atoms with van der Waals surface area (Å²) < 4.78 is 28.5. The Balaban J connectivity index is 1.32. The second kappa shape index (κ2) is 9.81. The first kappa shape index (κ1) is 26.6. The molecule has 35 heavy (non-hydrogen) atoms. The average Bonchev–Trinajstić information content (AvgIpc) is 3.07. The normalized spacial score (nSPS) is 30.3. The smallest absolute Gasteiger partial charge is 0.407 e. The predicted octanol–water partition coefficient (Wildman–Crippen LogP) is 3.80. The molecule has 0 spiro atoms. The van der Waals surface area contributed by atoms with Crippen molar-refractivity contribution in [3.8, 4) is 5.75 Å². The van der Waals surface area contributed by atoms with Gasteiger partial charge in [-0.15, -0.1) is 0 Å². The van der Waals surface area contributed by atoms with E-state index in [1.807, 2.05) is 6.07 Å². The minimum absolute atomic E-state index is 0.000731. The lowest BCUT2D eigenvalue weighted by atomic mass is 9.55. The number of aromatic hydroxyl groups is 1. The molecule has 0 bridgehead atoms. The van der Waals surface area contributed by atoms with E-state index >= 15 is 0 Å². The molecule has 3 aliphatic rings. The zero-order chi connectivity index (χ0) is 25.6. The number of hydrogen-bond donors (Lipinski definition) is 6. The Morgan fingerprint density at radius 2 is 1.86 bits per heavy atom. The Morgan fingerprint density at radius 1 is 1.14 bits per heavy atom. The first-order valence-electron chi connectivity index (χ1n) is 12.2. The van der Waals surface area contributed by atoms with Gasteiger partial charge >= 0.3 is 21.3 Å². The predicted molar refractivity (Wildman–Crippen MR) is 128 cm³/mol. The lowest BCUT2D eigenvalue weighted by molar-refractivity contribution is -0.0314. The van der Waals surface area contributed by atoms with Gasteiger partial charge in [0, 0.05) is 12.0 Å². The van der Waals surface area contributed by atoms with Crippen molar-refractivity contribution in [2.24, 2.45) is 17.3 Å². The number of nitrogens with one attached hydrogen (secondary N) is 1. The SMILES string of the molecule is C[C@]12CC[C@@H]3c4ccc(O)cc4CC[C@H]3[C@@H]1CC[C@@H]2OC(=O)NCCCC(P(=O)(O)O)P(=O)(O)O. The van der Waals surface area contributed by atoms with Crippen LogP contribution in [0, 0.1) is 17.3 Å². The highest BCUT2D eigenvalue weighted by molar-refractivity contribution is 7.70. The summed E-state index contributed by atoms with van der Waals surface area (Å²) >= 11 is 0. The monoisotopic (exact) mass is 531 g/mol. The molecular formula is C23H35NO9P2. The summed E-state index contributed by atoms with van der Waals surface area (Å²) in [5.74, 6) is 1.72. The van der Waals surface area contributed by atoms with Gasteiger partial charge in [-0.2, -0.15) is 0 Å². The highest BCUT2D eigenvalue weighted by Gasteiger charge is 2.56. The maximum atomic E-state index is 12.5. The summed E-state index contributed by atoms with van der Waals surface area (Å²) in [5, 5.41) is 10.3. The fraction of sp³-hybridized carbons (Fsp3) is 0.696. The van der Waals surface area contributed by atoms with Gasteiger partial charge in [-0.3, -0.25) is 9.13 Å². The third-order valence-corrected chi connectivity index (χ3v) is 12.4. The summed E-state index contributed by atoms with van der Waals surface area (Å²) in [5.41, 5.74) is 2.45. The second-order valence-corrected chi connectivity index (χ2v) is 14.6. The van der Waals surface area contributed by atoms with Gasteiger partial charge < -0.3 is 34.7 Å². The van der Waals surface area contributed by atoms with E-state index in [9.17, 15) is 38.6 Å². The van der Waals surface area contributed by atoms with Crippen LogP contribution >= 0.6 is 15.2 Å². The van der Waals surface area contributed by atoms with Crippen LogP contribution in [0.2, 0.25) is 0 Å². The van der Waals surface area contributed by atoms with E-state index in [1.165, 1.54) is 11.1 Å². The van der Waals surface area contributed by atoms with E-state index < -0.39 is 33.1 Å². The van der Waals surface area contributed by atoms with Crippen LogP contribution in [0.4, 0.5) is 4.79 Å². The maximum absolute atomic E-state index is 12.5. The van der Waals surface area contributed by atoms with Crippen LogP contribution < -0.4 is 5.32 Å². The van der Waals surface area contributed by atoms with Gasteiger partial charge in [-0.25, -0.2) is 4.79 Å². The van der Waals surface area contributed by atoms with E-state index in [-0.39, 0.29) is 24.5 Å². The van der Waals surface area contributed by atoms with Crippen LogP contribution in [0.5, 0.6) is 5.75 Å². The fourth-order valence-corrected chi connectivity index (χ4v) is 9.50. The minimum atomic E-state index is -4.97. The second-order valence-electron chi connectivity index (χ2n) is 10.5. The summed E-state index contributed by atoms with van der Waals surface area (Å²) in [6.45, 7) is 2.20. The van der Waals surface area contributed by atoms with Gasteiger partial charge in [-0.1, -0.05) is 13.0 Å². The number of alkyl carbamates (subject to hydrolysis) is 1. The van der Waals surface area contributed by atoms with Crippen molar-refractivity contribution in [3.63, 3.8) is 0 Å². The van der Waals surface area contributed by atoms with Crippen LogP contribution in [0.25, 0.3) is 0 Å². The van der Waals surface area contributed by atoms with Crippen LogP contribution in [-0.2, 0) is 20.3 Å². The first-order chi connectivity index (χ1) is 16.3. The molecule has 0 unspecified atom stereocenters. The number of ether oxygens (including phenoxy) is 1. The molecule has 1 aromatic rings. The third-order valence-electron chi connectivity index (χ3n) is 8.56. The lowest BCUT2D eigenvalue weighted by Crippen LogP contribution is -2.46. The molecule has 12 heteroatoms. The molecule has 0 heterocycles. The fourth-order valence-electron chi connectivity index (χ4n) is 6.89. The summed E-state index contributed by atoms with van der Waals surface area (Å²) in [6, 6.07) is 5.71. The van der Waals surface area contributed by atoms with Crippen LogP contribution in [0.15, 0.2) is 18.2 Å². The molecule has 0 saturated heterocycles. The van der Waals surface area contributed by atoms with E-state index in [0.29, 0.717) is 23.5 Å². The van der Waals surface area contributed by atoms with Gasteiger partial charge in [0.1, 0.15) is 11.9 Å². The first-order valence-corrected chi connectivity index (χ1v) is 15.5. The number of phenols is 1. The van der Waals surface area contributed by atoms with Gasteiger partial charge in [0.05, 0.1) is 0 Å². The number of phenolic OH excluding ortho intramolecular Hbond substituents is 1. The Morgan fingerprint density at radius 3 is 2.54 bits per heavy atom. The zero-order valence-corrected chi connectivity index (χ0v) is 21.5. The standard InChI is InChI=1S/C23H35NO9P2/c1-23-11-10-17-16-7-5-15(25)13-14(16)4-6-18(17)19(23)8-9-20(23)33-22(26)24-12-2-3-21(34(27,28)29)35(30,31)32/h5,7,13,17-21,25H,2-4,6,8-12H2,1H3,(H,24,26)(H2,27,28,29)(H2,30,31,32)/t17-,18-,19+,20+,23+/m1/s1. The molecule has 2 saturated carbocycles. The lowest BCUT2D eigenvalue weighted by Gasteiger charge is -2.50. The Bertz CT molecular complexity index is 1030. The van der Waals surface area contributed by atoms with Crippen molar-refractivity contribution in [2.45, 2.75) is 75.7 Å². The Labute approximate surface area is 204 Å². The number of carbonyl (C=O) groups is 1. The van der Waals surface area contributed by atoms with E-state index in [1.54, 1.807) is 6.07 Å². The molecule has 1 aromatic carbocycles. The van der Waals surface area contributed by atoms with E-state index in [0.717, 1.165) is 38.5 Å². The highest BCUT2D eigenvalue weighted by Crippen LogP contribution is 2.62. The van der Waals surface area contributed by atoms with Crippen molar-refractivity contribution < 1.29 is 43.3 Å². The molecule has 4 rings (SSSR count). The summed E-state index contributed by atoms with van der Waals surface area (Å²) in [4.78, 5) is 49.2. The number of carbonyl (C=O) groups excluding carboxylic acids is 1. The highest BCUT2D eigenvalue weighted by atomic mass is 31.2.